The Bertz CT molecular complexity index is 4590. The number of hydrogen-bond acceptors (Lipinski definition) is 26. The standard InChI is InChI=1S/C10H11N3O4S.C10H11N3O3.C10H11N3O2S.C10H13N3O.C7H11N2.C7H9N.C4H7NO2S2.ClH.HI.H3NO4S/c1-6-4-5-8-9(13(14)15)10(18(3,16)17)11-12(8)7(6)2;2*1-6-4-5-8-9(13(14)15)10(16-3)11-12(8)7(6)2;1-6-4-5-8-9(11)10(14-3)12-13(8)7(6)2;1-6-4-3-5-9(8)7(6)2;1-6-4-3-5-8-7(6)2;1-8-4(9-2)3-5(6)7;;;1-5-6(2,3)4/h4-5H,1-3H3;2*4-5H,1-3H3;4-5H,11H2,1-3H3;3-5H,8H2,1-2H3;3-5H,1-2H3;3H,1-2H3;2*1H;1H2,(H,2,3,4)/q;;;;+1;;;;;/p-1. The van der Waals surface area contributed by atoms with Crippen LogP contribution in [0.3, 0.4) is 0 Å². The van der Waals surface area contributed by atoms with Gasteiger partial charge in [0, 0.05) is 59.5 Å². The highest BCUT2D eigenvalue weighted by molar-refractivity contribution is 8.21. The summed E-state index contributed by atoms with van der Waals surface area (Å²) in [5, 5.41) is 59.2. The topological polar surface area (TPSA) is 453 Å². The van der Waals surface area contributed by atoms with Gasteiger partial charge in [-0.25, -0.2) is 32.3 Å². The van der Waals surface area contributed by atoms with Gasteiger partial charge in [0.2, 0.25) is 15.5 Å². The van der Waals surface area contributed by atoms with E-state index in [9.17, 15) is 57.3 Å². The second kappa shape index (κ2) is 39.1. The maximum absolute atomic E-state index is 11.5. The van der Waals surface area contributed by atoms with E-state index in [1.807, 2.05) is 141 Å². The van der Waals surface area contributed by atoms with Gasteiger partial charge >= 0.3 is 33.3 Å². The first kappa shape index (κ1) is 87.5. The molecule has 0 bridgehead atoms. The molecule has 33 nitrogen and oxygen atoms in total. The third kappa shape index (κ3) is 23.3. The molecule has 0 saturated heterocycles. The van der Waals surface area contributed by atoms with E-state index in [-0.39, 0.29) is 64.1 Å². The van der Waals surface area contributed by atoms with Crippen LogP contribution in [0.15, 0.2) is 106 Å². The van der Waals surface area contributed by atoms with Crippen molar-refractivity contribution >= 4 is 113 Å². The molecule has 7 N–H and O–H groups in total. The summed E-state index contributed by atoms with van der Waals surface area (Å²) in [6.45, 7) is 23.4. The molecule has 10 aromatic heterocycles. The van der Waals surface area contributed by atoms with E-state index < -0.39 is 45.7 Å². The molecule has 0 amide bonds. The maximum atomic E-state index is 11.5. The molecular weight excluding hydrogens is 1510 g/mol. The van der Waals surface area contributed by atoms with Gasteiger partial charge in [0.15, 0.2) is 11.2 Å². The van der Waals surface area contributed by atoms with Gasteiger partial charge in [0.05, 0.1) is 39.4 Å². The van der Waals surface area contributed by atoms with Gasteiger partial charge < -0.3 is 39.2 Å². The Hall–Kier alpha value is -8.55. The minimum Gasteiger partial charge on any atom is -1.00 e. The second-order valence-electron chi connectivity index (χ2n) is 20.2. The number of ether oxygens (including phenoxy) is 2. The van der Waals surface area contributed by atoms with Crippen LogP contribution in [0.25, 0.3) is 22.1 Å². The molecule has 0 aliphatic rings. The fourth-order valence-electron chi connectivity index (χ4n) is 7.97. The van der Waals surface area contributed by atoms with Gasteiger partial charge in [0.25, 0.3) is 17.1 Å². The third-order valence-corrected chi connectivity index (χ3v) is 18.0. The molecule has 0 fully saturated rings. The molecule has 0 aromatic carbocycles. The Balaban J connectivity index is 0.000000571. The summed E-state index contributed by atoms with van der Waals surface area (Å²) in [7, 11) is -5.19. The quantitative estimate of drug-likeness (QED) is 0.0190. The minimum absolute atomic E-state index is 0. The largest absolute Gasteiger partial charge is 1.00 e. The van der Waals surface area contributed by atoms with Gasteiger partial charge in [-0.3, -0.25) is 50.0 Å². The van der Waals surface area contributed by atoms with E-state index >= 15 is 0 Å². The SMILES string of the molecule is COc1nn2c(C)c(C)ccc2c1N.COc1nn2c(C)c(C)ccc2c1[N+](=O)[O-].CSC(=C[N+](=O)[O-])SC.CSc1nn2c(C)c(C)ccc2c1[N+](=O)[O-].Cc1ccc2c([N+](=O)[O-])c(S(C)(=O)=O)nn2c1C.Cc1ccc[n+](N)c1C.Cc1cccnc1C.Cl.NOS(=O)(=O)O.[I-]. The van der Waals surface area contributed by atoms with Gasteiger partial charge in [-0.15, -0.1) is 63.0 Å². The molecular formula is C58H77ClIN17O16S5. The molecule has 0 unspecified atom stereocenters. The molecule has 98 heavy (non-hydrogen) atoms. The summed E-state index contributed by atoms with van der Waals surface area (Å²) in [6.07, 6.45) is 11.0. The number of sulfone groups is 1. The number of pyridine rings is 6. The monoisotopic (exact) mass is 1590 g/mol. The summed E-state index contributed by atoms with van der Waals surface area (Å²) in [5.74, 6) is 10.0. The Kier molecular flexibility index (Phi) is 34.9. The van der Waals surface area contributed by atoms with Gasteiger partial charge in [-0.2, -0.15) is 23.7 Å². The predicted octanol–water partition coefficient (Wildman–Crippen LogP) is 7.15. The van der Waals surface area contributed by atoms with E-state index in [1.54, 1.807) is 47.7 Å². The molecule has 10 rings (SSSR count). The number of aryl methyl sites for hydroxylation is 11. The fourth-order valence-corrected chi connectivity index (χ4v) is 10.3. The lowest BCUT2D eigenvalue weighted by Crippen LogP contribution is -3.00. The second-order valence-corrected chi connectivity index (χ2v) is 25.9. The van der Waals surface area contributed by atoms with Crippen LogP contribution in [0.1, 0.15) is 67.5 Å². The Morgan fingerprint density at radius 1 is 0.582 bits per heavy atom. The molecule has 0 radical (unpaired) electrons. The summed E-state index contributed by atoms with van der Waals surface area (Å²) >= 11 is 4.05. The lowest BCUT2D eigenvalue weighted by atomic mass is 10.2. The number of fused-ring (bicyclic) bond motifs is 4. The molecule has 0 saturated carbocycles. The average molecular weight is 1590 g/mol. The fraction of sp³-hybridized carbons (Fsp3) is 0.310. The van der Waals surface area contributed by atoms with Crippen molar-refractivity contribution < 1.29 is 83.5 Å². The molecule has 10 aromatic rings. The van der Waals surface area contributed by atoms with Crippen LogP contribution in [0, 0.1) is 124 Å². The Labute approximate surface area is 600 Å². The lowest BCUT2D eigenvalue weighted by molar-refractivity contribution is -0.645. The smallest absolute Gasteiger partial charge is 0.413 e. The number of anilines is 1. The predicted molar refractivity (Wildman–Crippen MR) is 377 cm³/mol. The number of halogens is 2. The zero-order valence-corrected chi connectivity index (χ0v) is 63.6. The Morgan fingerprint density at radius 2 is 0.969 bits per heavy atom. The zero-order valence-electron chi connectivity index (χ0n) is 56.6. The van der Waals surface area contributed by atoms with Crippen LogP contribution in [0.4, 0.5) is 22.7 Å². The molecule has 534 valence electrons. The van der Waals surface area contributed by atoms with E-state index in [0.717, 1.165) is 67.4 Å². The summed E-state index contributed by atoms with van der Waals surface area (Å²) in [5.41, 5.74) is 20.5. The van der Waals surface area contributed by atoms with Crippen molar-refractivity contribution in [3.63, 3.8) is 0 Å². The van der Waals surface area contributed by atoms with E-state index in [0.29, 0.717) is 33.3 Å². The van der Waals surface area contributed by atoms with Crippen molar-refractivity contribution in [2.45, 2.75) is 93.1 Å². The third-order valence-electron chi connectivity index (χ3n) is 14.1. The number of rotatable bonds is 11. The lowest BCUT2D eigenvalue weighted by Gasteiger charge is -2.01. The summed E-state index contributed by atoms with van der Waals surface area (Å²) < 4.78 is 70.5. The number of nitrogens with zero attached hydrogens (tertiary/aromatic N) is 14. The first-order chi connectivity index (χ1) is 44.8. The highest BCUT2D eigenvalue weighted by Crippen LogP contribution is 2.34. The van der Waals surface area contributed by atoms with Crippen molar-refractivity contribution in [2.24, 2.45) is 5.90 Å². The number of hydrogen-bond donors (Lipinski definition) is 4. The van der Waals surface area contributed by atoms with E-state index in [4.69, 9.17) is 25.6 Å². The van der Waals surface area contributed by atoms with Crippen molar-refractivity contribution in [2.75, 3.05) is 50.8 Å². The van der Waals surface area contributed by atoms with Gasteiger partial charge in [-0.05, 0) is 159 Å². The van der Waals surface area contributed by atoms with Gasteiger partial charge in [-0.1, -0.05) is 35.0 Å². The average Bonchev–Trinajstić information content (AvgIpc) is 1.63. The highest BCUT2D eigenvalue weighted by atomic mass is 127. The van der Waals surface area contributed by atoms with Crippen molar-refractivity contribution in [3.05, 3.63) is 204 Å². The number of nitrogens with two attached hydrogens (primary N) is 3. The number of aromatic nitrogens is 10. The molecule has 0 spiro atoms. The van der Waals surface area contributed by atoms with Crippen molar-refractivity contribution in [1.29, 1.82) is 0 Å². The maximum Gasteiger partial charge on any atom is 0.413 e. The van der Waals surface area contributed by atoms with Crippen LogP contribution in [-0.2, 0) is 24.5 Å². The van der Waals surface area contributed by atoms with Crippen LogP contribution < -0.4 is 55.6 Å². The number of nitro groups is 4. The molecule has 10 heterocycles. The highest BCUT2D eigenvalue weighted by Gasteiger charge is 2.31. The number of methoxy groups -OCH3 is 2. The Morgan fingerprint density at radius 3 is 1.31 bits per heavy atom. The van der Waals surface area contributed by atoms with Gasteiger partial charge in [0.1, 0.15) is 26.5 Å². The summed E-state index contributed by atoms with van der Waals surface area (Å²) in [6, 6.07) is 22.3. The first-order valence-electron chi connectivity index (χ1n) is 27.7. The molecule has 0 aliphatic heterocycles. The van der Waals surface area contributed by atoms with E-state index in [2.05, 4.69) is 48.5 Å². The van der Waals surface area contributed by atoms with E-state index in [1.165, 1.54) is 74.2 Å². The van der Waals surface area contributed by atoms with Crippen LogP contribution in [-0.4, -0.2) is 124 Å². The first-order valence-corrected chi connectivity index (χ1v) is 34.6. The minimum atomic E-state index is -4.38. The van der Waals surface area contributed by atoms with Crippen molar-refractivity contribution in [3.8, 4) is 11.8 Å². The van der Waals surface area contributed by atoms with Crippen LogP contribution in [0.5, 0.6) is 11.8 Å². The molecule has 0 aliphatic carbocycles. The number of thioether (sulfide) groups is 3. The summed E-state index contributed by atoms with van der Waals surface area (Å²) in [4.78, 5) is 44.8. The number of nitrogen functional groups attached to an aromatic ring is 2. The van der Waals surface area contributed by atoms with Crippen LogP contribution in [0.2, 0.25) is 0 Å². The molecule has 40 heteroatoms. The molecule has 0 atom stereocenters. The van der Waals surface area contributed by atoms with Crippen molar-refractivity contribution in [1.82, 2.24) is 43.4 Å². The van der Waals surface area contributed by atoms with Crippen LogP contribution >= 0.6 is 47.7 Å². The zero-order chi connectivity index (χ0) is 73.0. The normalized spacial score (nSPS) is 10.4.